The summed E-state index contributed by atoms with van der Waals surface area (Å²) in [5.74, 6) is 0.720. The summed E-state index contributed by atoms with van der Waals surface area (Å²) < 4.78 is 5.94. The van der Waals surface area contributed by atoms with E-state index in [1.54, 1.807) is 0 Å². The fourth-order valence-corrected chi connectivity index (χ4v) is 5.05. The van der Waals surface area contributed by atoms with Crippen molar-refractivity contribution in [3.63, 3.8) is 0 Å². The first-order valence-corrected chi connectivity index (χ1v) is 12.1. The Labute approximate surface area is 201 Å². The summed E-state index contributed by atoms with van der Waals surface area (Å²) in [4.78, 5) is 29.9. The topological polar surface area (TPSA) is 49.9 Å². The molecular weight excluding hydrogens is 424 g/mol. The van der Waals surface area contributed by atoms with Gasteiger partial charge in [0.2, 0.25) is 0 Å². The quantitative estimate of drug-likeness (QED) is 0.557. The molecule has 0 aliphatic carbocycles. The molecule has 1 atom stereocenters. The lowest BCUT2D eigenvalue weighted by molar-refractivity contribution is -0.132. The van der Waals surface area contributed by atoms with Gasteiger partial charge in [-0.2, -0.15) is 0 Å². The highest BCUT2D eigenvalue weighted by molar-refractivity contribution is 5.95. The van der Waals surface area contributed by atoms with Gasteiger partial charge in [-0.1, -0.05) is 54.1 Å². The maximum absolute atomic E-state index is 13.6. The third-order valence-corrected chi connectivity index (χ3v) is 6.81. The highest BCUT2D eigenvalue weighted by atomic mass is 16.5. The molecule has 34 heavy (non-hydrogen) atoms. The number of hydrogen-bond acceptors (Lipinski definition) is 3. The predicted molar refractivity (Wildman–Crippen MR) is 132 cm³/mol. The van der Waals surface area contributed by atoms with Gasteiger partial charge in [0, 0.05) is 25.2 Å². The van der Waals surface area contributed by atoms with Crippen LogP contribution in [0.4, 0.5) is 0 Å². The molecule has 0 aromatic heterocycles. The standard InChI is InChI=1S/C29H30N2O3/c1-21-8-7-11-24(18-21)28-26-19-25(34-20-27(32)30-15-5-6-16-30)13-12-22(26)14-17-31(28)29(33)23-9-3-2-4-10-23/h2-4,7-13,18-19,28H,5-6,14-17,20H2,1H3/t28-/m1/s1. The summed E-state index contributed by atoms with van der Waals surface area (Å²) in [5, 5.41) is 0. The first-order valence-electron chi connectivity index (χ1n) is 12.1. The van der Waals surface area contributed by atoms with E-state index in [2.05, 4.69) is 31.2 Å². The van der Waals surface area contributed by atoms with Crippen molar-refractivity contribution in [2.24, 2.45) is 0 Å². The first kappa shape index (κ1) is 22.2. The molecule has 5 heteroatoms. The summed E-state index contributed by atoms with van der Waals surface area (Å²) in [7, 11) is 0. The molecule has 0 spiro atoms. The van der Waals surface area contributed by atoms with Gasteiger partial charge in [-0.05, 0) is 67.1 Å². The van der Waals surface area contributed by atoms with Crippen LogP contribution in [0.15, 0.2) is 72.8 Å². The molecule has 174 valence electrons. The predicted octanol–water partition coefficient (Wildman–Crippen LogP) is 4.78. The number of hydrogen-bond donors (Lipinski definition) is 0. The molecule has 0 N–H and O–H groups in total. The summed E-state index contributed by atoms with van der Waals surface area (Å²) in [6.07, 6.45) is 2.91. The minimum Gasteiger partial charge on any atom is -0.484 e. The fraction of sp³-hybridized carbons (Fsp3) is 0.310. The minimum atomic E-state index is -0.214. The van der Waals surface area contributed by atoms with Crippen molar-refractivity contribution in [1.29, 1.82) is 0 Å². The van der Waals surface area contributed by atoms with Crippen molar-refractivity contribution in [1.82, 2.24) is 9.80 Å². The van der Waals surface area contributed by atoms with Crippen LogP contribution in [-0.4, -0.2) is 47.9 Å². The zero-order valence-corrected chi connectivity index (χ0v) is 19.6. The number of benzene rings is 3. The van der Waals surface area contributed by atoms with Crippen molar-refractivity contribution in [2.45, 2.75) is 32.2 Å². The molecule has 3 aromatic carbocycles. The van der Waals surface area contributed by atoms with Gasteiger partial charge in [0.15, 0.2) is 6.61 Å². The van der Waals surface area contributed by atoms with E-state index >= 15 is 0 Å². The van der Waals surface area contributed by atoms with Gasteiger partial charge in [0.05, 0.1) is 6.04 Å². The van der Waals surface area contributed by atoms with Crippen molar-refractivity contribution in [3.8, 4) is 5.75 Å². The maximum atomic E-state index is 13.6. The van der Waals surface area contributed by atoms with Crippen LogP contribution in [0.3, 0.4) is 0 Å². The summed E-state index contributed by atoms with van der Waals surface area (Å²) in [6, 6.07) is 23.6. The summed E-state index contributed by atoms with van der Waals surface area (Å²) in [6.45, 7) is 4.39. The Morgan fingerprint density at radius 2 is 1.71 bits per heavy atom. The fourth-order valence-electron chi connectivity index (χ4n) is 5.05. The number of amides is 2. The maximum Gasteiger partial charge on any atom is 0.260 e. The molecule has 5 nitrogen and oxygen atoms in total. The second-order valence-electron chi connectivity index (χ2n) is 9.17. The molecule has 0 unspecified atom stereocenters. The van der Waals surface area contributed by atoms with Gasteiger partial charge < -0.3 is 14.5 Å². The SMILES string of the molecule is Cc1cccc([C@@H]2c3cc(OCC(=O)N4CCCC4)ccc3CCN2C(=O)c2ccccc2)c1. The molecule has 1 fully saturated rings. The van der Waals surface area contributed by atoms with Crippen molar-refractivity contribution in [3.05, 3.63) is 101 Å². The number of nitrogens with zero attached hydrogens (tertiary/aromatic N) is 2. The molecule has 2 aliphatic rings. The Hall–Kier alpha value is -3.60. The molecule has 0 saturated carbocycles. The zero-order chi connectivity index (χ0) is 23.5. The Bertz CT molecular complexity index is 1180. The number of rotatable bonds is 5. The van der Waals surface area contributed by atoms with E-state index in [1.807, 2.05) is 58.3 Å². The summed E-state index contributed by atoms with van der Waals surface area (Å²) >= 11 is 0. The van der Waals surface area contributed by atoms with Crippen LogP contribution in [0, 0.1) is 6.92 Å². The minimum absolute atomic E-state index is 0.0216. The van der Waals surface area contributed by atoms with E-state index < -0.39 is 0 Å². The Morgan fingerprint density at radius 3 is 2.47 bits per heavy atom. The van der Waals surface area contributed by atoms with Crippen LogP contribution in [0.1, 0.15) is 51.5 Å². The van der Waals surface area contributed by atoms with Crippen LogP contribution in [0.5, 0.6) is 5.75 Å². The smallest absolute Gasteiger partial charge is 0.260 e. The van der Waals surface area contributed by atoms with E-state index in [9.17, 15) is 9.59 Å². The van der Waals surface area contributed by atoms with E-state index in [-0.39, 0.29) is 24.5 Å². The normalized spacial score (nSPS) is 17.4. The third kappa shape index (κ3) is 4.56. The van der Waals surface area contributed by atoms with Crippen LogP contribution in [0.25, 0.3) is 0 Å². The van der Waals surface area contributed by atoms with E-state index in [4.69, 9.17) is 4.74 Å². The molecule has 3 aromatic rings. The lowest BCUT2D eigenvalue weighted by Gasteiger charge is -2.38. The van der Waals surface area contributed by atoms with E-state index in [0.29, 0.717) is 17.9 Å². The van der Waals surface area contributed by atoms with Crippen LogP contribution < -0.4 is 4.74 Å². The highest BCUT2D eigenvalue weighted by Gasteiger charge is 2.33. The van der Waals surface area contributed by atoms with Gasteiger partial charge in [-0.25, -0.2) is 0 Å². The number of likely N-dealkylation sites (tertiary alicyclic amines) is 1. The Balaban J connectivity index is 1.47. The van der Waals surface area contributed by atoms with Gasteiger partial charge in [0.25, 0.3) is 11.8 Å². The Morgan fingerprint density at radius 1 is 0.912 bits per heavy atom. The van der Waals surface area contributed by atoms with Gasteiger partial charge in [-0.15, -0.1) is 0 Å². The van der Waals surface area contributed by atoms with Gasteiger partial charge in [-0.3, -0.25) is 9.59 Å². The molecule has 1 saturated heterocycles. The van der Waals surface area contributed by atoms with Crippen molar-refractivity contribution >= 4 is 11.8 Å². The summed E-state index contributed by atoms with van der Waals surface area (Å²) in [5.41, 5.74) is 5.19. The molecule has 2 heterocycles. The molecule has 2 aliphatic heterocycles. The molecular formula is C29H30N2O3. The van der Waals surface area contributed by atoms with Gasteiger partial charge >= 0.3 is 0 Å². The van der Waals surface area contributed by atoms with Crippen molar-refractivity contribution in [2.75, 3.05) is 26.2 Å². The second-order valence-corrected chi connectivity index (χ2v) is 9.17. The number of aryl methyl sites for hydroxylation is 1. The van der Waals surface area contributed by atoms with Crippen molar-refractivity contribution < 1.29 is 14.3 Å². The number of carbonyl (C=O) groups excluding carboxylic acids is 2. The van der Waals surface area contributed by atoms with Crippen LogP contribution >= 0.6 is 0 Å². The monoisotopic (exact) mass is 454 g/mol. The number of carbonyl (C=O) groups is 2. The molecule has 0 radical (unpaired) electrons. The molecule has 2 amide bonds. The first-order chi connectivity index (χ1) is 16.6. The highest BCUT2D eigenvalue weighted by Crippen LogP contribution is 2.38. The number of fused-ring (bicyclic) bond motifs is 1. The molecule has 0 bridgehead atoms. The number of ether oxygens (including phenoxy) is 1. The van der Waals surface area contributed by atoms with Gasteiger partial charge in [0.1, 0.15) is 5.75 Å². The second kappa shape index (κ2) is 9.72. The Kier molecular flexibility index (Phi) is 6.35. The largest absolute Gasteiger partial charge is 0.484 e. The lowest BCUT2D eigenvalue weighted by atomic mass is 9.87. The average molecular weight is 455 g/mol. The average Bonchev–Trinajstić information content (AvgIpc) is 3.42. The van der Waals surface area contributed by atoms with E-state index in [1.165, 1.54) is 5.56 Å². The lowest BCUT2D eigenvalue weighted by Crippen LogP contribution is -2.40. The van der Waals surface area contributed by atoms with Crippen LogP contribution in [0.2, 0.25) is 0 Å². The van der Waals surface area contributed by atoms with Crippen LogP contribution in [-0.2, 0) is 11.2 Å². The van der Waals surface area contributed by atoms with E-state index in [0.717, 1.165) is 49.0 Å². The zero-order valence-electron chi connectivity index (χ0n) is 19.6. The molecule has 5 rings (SSSR count). The third-order valence-electron chi connectivity index (χ3n) is 6.81.